The fourth-order valence-electron chi connectivity index (χ4n) is 3.82. The number of nitrogens with zero attached hydrogens (tertiary/aromatic N) is 2. The molecule has 0 spiro atoms. The van der Waals surface area contributed by atoms with Crippen LogP contribution in [0.4, 0.5) is 4.39 Å². The molecule has 0 saturated carbocycles. The Kier molecular flexibility index (Phi) is 5.31. The number of likely N-dealkylation sites (tertiary alicyclic amines) is 1. The molecule has 0 radical (unpaired) electrons. The van der Waals surface area contributed by atoms with Gasteiger partial charge in [-0.2, -0.15) is 0 Å². The number of nitrogens with one attached hydrogen (secondary N) is 1. The van der Waals surface area contributed by atoms with Crippen LogP contribution in [-0.4, -0.2) is 46.9 Å². The molecule has 1 unspecified atom stereocenters. The first-order valence-electron chi connectivity index (χ1n) is 9.61. The van der Waals surface area contributed by atoms with Crippen LogP contribution < -0.4 is 5.56 Å². The van der Waals surface area contributed by atoms with Gasteiger partial charge in [0.05, 0.1) is 23.6 Å². The summed E-state index contributed by atoms with van der Waals surface area (Å²) in [6.45, 7) is 1.02. The number of ether oxygens (including phenoxy) is 1. The van der Waals surface area contributed by atoms with Crippen molar-refractivity contribution in [3.63, 3.8) is 0 Å². The van der Waals surface area contributed by atoms with Crippen molar-refractivity contribution in [3.8, 4) is 0 Å². The second-order valence-electron chi connectivity index (χ2n) is 7.35. The van der Waals surface area contributed by atoms with Crippen molar-refractivity contribution in [2.24, 2.45) is 5.92 Å². The van der Waals surface area contributed by atoms with E-state index in [1.165, 1.54) is 19.2 Å². The van der Waals surface area contributed by atoms with Gasteiger partial charge in [0.15, 0.2) is 5.82 Å². The number of amides is 1. The minimum atomic E-state index is -0.719. The van der Waals surface area contributed by atoms with Crippen LogP contribution in [0.25, 0.3) is 10.9 Å². The Labute approximate surface area is 171 Å². The lowest BCUT2D eigenvalue weighted by Crippen LogP contribution is -2.32. The van der Waals surface area contributed by atoms with Gasteiger partial charge in [-0.05, 0) is 48.6 Å². The number of halogens is 1. The number of benzene rings is 2. The number of H-pyrrole nitrogens is 1. The highest BCUT2D eigenvalue weighted by Gasteiger charge is 2.29. The number of hydrogen-bond donors (Lipinski definition) is 1. The first-order valence-corrected chi connectivity index (χ1v) is 9.61. The van der Waals surface area contributed by atoms with Crippen molar-refractivity contribution < 1.29 is 18.7 Å². The molecule has 1 fully saturated rings. The number of para-hydroxylation sites is 1. The van der Waals surface area contributed by atoms with E-state index in [0.29, 0.717) is 30.4 Å². The Morgan fingerprint density at radius 3 is 2.87 bits per heavy atom. The fourth-order valence-corrected chi connectivity index (χ4v) is 3.82. The van der Waals surface area contributed by atoms with Crippen molar-refractivity contribution in [1.29, 1.82) is 0 Å². The van der Waals surface area contributed by atoms with Crippen LogP contribution in [0.5, 0.6) is 0 Å². The average molecular weight is 409 g/mol. The van der Waals surface area contributed by atoms with E-state index in [2.05, 4.69) is 14.7 Å². The van der Waals surface area contributed by atoms with Crippen molar-refractivity contribution in [3.05, 3.63) is 75.6 Å². The minimum Gasteiger partial charge on any atom is -0.465 e. The van der Waals surface area contributed by atoms with Crippen LogP contribution >= 0.6 is 0 Å². The monoisotopic (exact) mass is 409 g/mol. The number of esters is 1. The lowest BCUT2D eigenvalue weighted by Gasteiger charge is -2.16. The molecule has 2 heterocycles. The summed E-state index contributed by atoms with van der Waals surface area (Å²) < 4.78 is 18.4. The van der Waals surface area contributed by atoms with Crippen LogP contribution in [0.15, 0.2) is 47.3 Å². The Bertz CT molecular complexity index is 1190. The summed E-state index contributed by atoms with van der Waals surface area (Å²) in [6.07, 6.45) is 1.35. The zero-order valence-corrected chi connectivity index (χ0v) is 16.4. The van der Waals surface area contributed by atoms with E-state index >= 15 is 0 Å². The number of hydrogen-bond acceptors (Lipinski definition) is 5. The quantitative estimate of drug-likeness (QED) is 0.669. The molecule has 1 aliphatic rings. The number of methoxy groups -OCH3 is 1. The molecular weight excluding hydrogens is 389 g/mol. The predicted molar refractivity (Wildman–Crippen MR) is 108 cm³/mol. The van der Waals surface area contributed by atoms with Crippen LogP contribution in [0, 0.1) is 11.7 Å². The third-order valence-electron chi connectivity index (χ3n) is 5.35. The molecule has 1 amide bonds. The Morgan fingerprint density at radius 1 is 1.27 bits per heavy atom. The Hall–Kier alpha value is -3.55. The zero-order chi connectivity index (χ0) is 21.3. The molecule has 3 aromatic rings. The predicted octanol–water partition coefficient (Wildman–Crippen LogP) is 2.55. The molecule has 1 N–H and O–H groups in total. The van der Waals surface area contributed by atoms with Crippen LogP contribution in [0.2, 0.25) is 0 Å². The molecule has 1 atom stereocenters. The third kappa shape index (κ3) is 3.80. The van der Waals surface area contributed by atoms with E-state index in [4.69, 9.17) is 0 Å². The van der Waals surface area contributed by atoms with E-state index in [9.17, 15) is 18.8 Å². The molecule has 1 aliphatic heterocycles. The van der Waals surface area contributed by atoms with Gasteiger partial charge in [0.2, 0.25) is 0 Å². The van der Waals surface area contributed by atoms with E-state index in [0.717, 1.165) is 12.0 Å². The van der Waals surface area contributed by atoms with E-state index in [-0.39, 0.29) is 28.8 Å². The Morgan fingerprint density at radius 2 is 2.07 bits per heavy atom. The topological polar surface area (TPSA) is 92.4 Å². The molecule has 8 heteroatoms. The normalized spacial score (nSPS) is 16.1. The minimum absolute atomic E-state index is 0.0223. The number of aromatic amines is 1. The molecule has 1 saturated heterocycles. The molecular formula is C22H20FN3O4. The van der Waals surface area contributed by atoms with Crippen LogP contribution in [-0.2, 0) is 11.2 Å². The maximum Gasteiger partial charge on any atom is 0.340 e. The van der Waals surface area contributed by atoms with Gasteiger partial charge in [-0.3, -0.25) is 9.59 Å². The van der Waals surface area contributed by atoms with Gasteiger partial charge in [-0.15, -0.1) is 0 Å². The number of aromatic nitrogens is 2. The largest absolute Gasteiger partial charge is 0.465 e. The standard InChI is InChI=1S/C22H20FN3O4/c1-30-22(29)16-11-13(6-7-17(16)23)10-14-8-9-26(12-14)21(28)19-24-18-5-3-2-4-15(18)20(27)25-19/h2-7,11,14H,8-10,12H2,1H3,(H,24,25,27). The van der Waals surface area contributed by atoms with Gasteiger partial charge in [-0.25, -0.2) is 14.2 Å². The highest BCUT2D eigenvalue weighted by atomic mass is 19.1. The number of carbonyl (C=O) groups excluding carboxylic acids is 2. The summed E-state index contributed by atoms with van der Waals surface area (Å²) in [6, 6.07) is 11.2. The highest BCUT2D eigenvalue weighted by Crippen LogP contribution is 2.23. The van der Waals surface area contributed by atoms with Crippen molar-refractivity contribution in [1.82, 2.24) is 14.9 Å². The second-order valence-corrected chi connectivity index (χ2v) is 7.35. The number of fused-ring (bicyclic) bond motifs is 1. The van der Waals surface area contributed by atoms with Gasteiger partial charge in [-0.1, -0.05) is 18.2 Å². The van der Waals surface area contributed by atoms with Crippen molar-refractivity contribution in [2.75, 3.05) is 20.2 Å². The third-order valence-corrected chi connectivity index (χ3v) is 5.35. The van der Waals surface area contributed by atoms with Gasteiger partial charge in [0, 0.05) is 13.1 Å². The molecule has 4 rings (SSSR count). The molecule has 1 aromatic heterocycles. The van der Waals surface area contributed by atoms with Gasteiger partial charge in [0.25, 0.3) is 11.5 Å². The molecule has 7 nitrogen and oxygen atoms in total. The summed E-state index contributed by atoms with van der Waals surface area (Å²) in [7, 11) is 1.21. The fraction of sp³-hybridized carbons (Fsp3) is 0.273. The number of rotatable bonds is 4. The number of carbonyl (C=O) groups is 2. The van der Waals surface area contributed by atoms with E-state index < -0.39 is 11.8 Å². The summed E-state index contributed by atoms with van der Waals surface area (Å²) in [5.74, 6) is -1.50. The zero-order valence-electron chi connectivity index (χ0n) is 16.4. The molecule has 2 aromatic carbocycles. The van der Waals surface area contributed by atoms with Gasteiger partial charge in [0.1, 0.15) is 5.82 Å². The smallest absolute Gasteiger partial charge is 0.340 e. The summed E-state index contributed by atoms with van der Waals surface area (Å²) in [4.78, 5) is 45.3. The summed E-state index contributed by atoms with van der Waals surface area (Å²) >= 11 is 0. The first kappa shape index (κ1) is 19.8. The average Bonchev–Trinajstić information content (AvgIpc) is 3.22. The van der Waals surface area contributed by atoms with E-state index in [1.807, 2.05) is 0 Å². The molecule has 0 bridgehead atoms. The summed E-state index contributed by atoms with van der Waals surface area (Å²) in [5.41, 5.74) is 0.829. The maximum atomic E-state index is 13.8. The van der Waals surface area contributed by atoms with Crippen molar-refractivity contribution >= 4 is 22.8 Å². The highest BCUT2D eigenvalue weighted by molar-refractivity contribution is 5.93. The van der Waals surface area contributed by atoms with Gasteiger partial charge < -0.3 is 14.6 Å². The van der Waals surface area contributed by atoms with Crippen LogP contribution in [0.3, 0.4) is 0 Å². The second kappa shape index (κ2) is 8.06. The summed E-state index contributed by atoms with van der Waals surface area (Å²) in [5, 5.41) is 0.436. The van der Waals surface area contributed by atoms with Crippen LogP contribution in [0.1, 0.15) is 33.0 Å². The van der Waals surface area contributed by atoms with E-state index in [1.54, 1.807) is 35.2 Å². The lowest BCUT2D eigenvalue weighted by molar-refractivity contribution is 0.0595. The Balaban J connectivity index is 1.48. The molecule has 154 valence electrons. The van der Waals surface area contributed by atoms with Crippen molar-refractivity contribution in [2.45, 2.75) is 12.8 Å². The maximum absolute atomic E-state index is 13.8. The van der Waals surface area contributed by atoms with Gasteiger partial charge >= 0.3 is 5.97 Å². The molecule has 30 heavy (non-hydrogen) atoms. The first-order chi connectivity index (χ1) is 14.5. The SMILES string of the molecule is COC(=O)c1cc(CC2CCN(C(=O)c3nc4ccccc4c(=O)[nH]3)C2)ccc1F. The lowest BCUT2D eigenvalue weighted by atomic mass is 9.97. The molecule has 0 aliphatic carbocycles.